The minimum Gasteiger partial charge on any atom is -0.341 e. The van der Waals surface area contributed by atoms with E-state index in [2.05, 4.69) is 10.6 Å². The highest BCUT2D eigenvalue weighted by molar-refractivity contribution is 7.93. The maximum absolute atomic E-state index is 13.2. The Morgan fingerprint density at radius 1 is 1.19 bits per heavy atom. The zero-order valence-electron chi connectivity index (χ0n) is 18.2. The molecule has 0 radical (unpaired) electrons. The molecular weight excluding hydrogens is 420 g/mol. The number of hydrogen-bond donors (Lipinski definition) is 1. The first-order valence-electron chi connectivity index (χ1n) is 11.0. The van der Waals surface area contributed by atoms with E-state index < -0.39 is 16.1 Å². The van der Waals surface area contributed by atoms with Gasteiger partial charge in [0.2, 0.25) is 15.9 Å². The molecule has 5 nitrogen and oxygen atoms in total. The number of carbonyl (C=O) groups is 1. The molecule has 1 saturated heterocycles. The minimum atomic E-state index is -3.83. The van der Waals surface area contributed by atoms with Gasteiger partial charge in [0.1, 0.15) is 6.04 Å². The summed E-state index contributed by atoms with van der Waals surface area (Å²) in [6.07, 6.45) is 19.7. The third-order valence-electron chi connectivity index (χ3n) is 5.65. The smallest absolute Gasteiger partial charge is 0.240 e. The molecule has 32 heavy (non-hydrogen) atoms. The third-order valence-corrected chi connectivity index (χ3v) is 7.21. The molecular formula is C26H30N2O3S. The Morgan fingerprint density at radius 3 is 2.66 bits per heavy atom. The van der Waals surface area contributed by atoms with Gasteiger partial charge in [0.05, 0.1) is 4.91 Å². The number of aryl methyl sites for hydroxylation is 1. The molecule has 1 heterocycles. The number of rotatable bonds is 8. The van der Waals surface area contributed by atoms with Gasteiger partial charge in [-0.15, -0.1) is 6.42 Å². The Kier molecular flexibility index (Phi) is 8.66. The highest BCUT2D eigenvalue weighted by Gasteiger charge is 2.31. The molecule has 168 valence electrons. The molecule has 1 aliphatic carbocycles. The zero-order valence-corrected chi connectivity index (χ0v) is 19.1. The normalized spacial score (nSPS) is 19.0. The van der Waals surface area contributed by atoms with Gasteiger partial charge in [0.15, 0.2) is 0 Å². The summed E-state index contributed by atoms with van der Waals surface area (Å²) in [5.41, 5.74) is 1.91. The van der Waals surface area contributed by atoms with Crippen molar-refractivity contribution in [2.75, 3.05) is 13.1 Å². The fourth-order valence-electron chi connectivity index (χ4n) is 3.91. The molecule has 1 fully saturated rings. The first-order chi connectivity index (χ1) is 15.5. The molecule has 0 bridgehead atoms. The molecule has 0 spiro atoms. The summed E-state index contributed by atoms with van der Waals surface area (Å²) in [7, 11) is -3.83. The van der Waals surface area contributed by atoms with Crippen LogP contribution in [0.4, 0.5) is 0 Å². The third kappa shape index (κ3) is 6.81. The molecule has 6 heteroatoms. The number of terminal acetylenes is 1. The number of likely N-dealkylation sites (tertiary alicyclic amines) is 1. The highest BCUT2D eigenvalue weighted by Crippen LogP contribution is 2.23. The number of hydrogen-bond acceptors (Lipinski definition) is 3. The van der Waals surface area contributed by atoms with Crippen LogP contribution in [0, 0.1) is 12.3 Å². The molecule has 1 N–H and O–H groups in total. The van der Waals surface area contributed by atoms with Crippen LogP contribution < -0.4 is 4.72 Å². The summed E-state index contributed by atoms with van der Waals surface area (Å²) in [6, 6.07) is 9.03. The van der Waals surface area contributed by atoms with E-state index in [9.17, 15) is 13.2 Å². The van der Waals surface area contributed by atoms with Crippen LogP contribution >= 0.6 is 0 Å². The van der Waals surface area contributed by atoms with E-state index in [0.717, 1.165) is 30.4 Å². The number of benzene rings is 1. The Labute approximate surface area is 191 Å². The first-order valence-corrected chi connectivity index (χ1v) is 12.5. The van der Waals surface area contributed by atoms with E-state index in [0.29, 0.717) is 25.9 Å². The van der Waals surface area contributed by atoms with Crippen molar-refractivity contribution in [3.8, 4) is 12.3 Å². The SMILES string of the molecule is C#C/C=C\C=C1\C=CC=C(S(=O)(=O)NC(CCc2ccccc2)C(=O)N2CCCCC2)C1. The van der Waals surface area contributed by atoms with Crippen molar-refractivity contribution < 1.29 is 13.2 Å². The highest BCUT2D eigenvalue weighted by atomic mass is 32.2. The molecule has 1 aromatic carbocycles. The second kappa shape index (κ2) is 11.7. The molecule has 1 aliphatic heterocycles. The number of carbonyl (C=O) groups excluding carboxylic acids is 1. The summed E-state index contributed by atoms with van der Waals surface area (Å²) in [5, 5.41) is 0. The summed E-state index contributed by atoms with van der Waals surface area (Å²) in [5.74, 6) is 2.27. The van der Waals surface area contributed by atoms with E-state index in [-0.39, 0.29) is 17.2 Å². The Balaban J connectivity index is 1.76. The van der Waals surface area contributed by atoms with Crippen molar-refractivity contribution in [1.29, 1.82) is 0 Å². The molecule has 3 rings (SSSR count). The number of amides is 1. The maximum Gasteiger partial charge on any atom is 0.240 e. The standard InChI is InChI=1S/C26H30N2O3S/c1-2-3-6-14-23-15-11-16-24(21-23)32(30,31)27-25(18-17-22-12-7-4-8-13-22)26(29)28-19-9-5-10-20-28/h1,3-4,6-8,11-16,25,27H,5,9-10,17-21H2/b6-3-,23-14-. The summed E-state index contributed by atoms with van der Waals surface area (Å²) in [6.45, 7) is 1.37. The molecule has 2 aliphatic rings. The number of allylic oxidation sites excluding steroid dienone is 8. The molecule has 0 saturated carbocycles. The lowest BCUT2D eigenvalue weighted by Gasteiger charge is -2.31. The van der Waals surface area contributed by atoms with Gasteiger partial charge in [0.25, 0.3) is 0 Å². The second-order valence-corrected chi connectivity index (χ2v) is 9.79. The van der Waals surface area contributed by atoms with Crippen LogP contribution in [0.25, 0.3) is 0 Å². The average Bonchev–Trinajstić information content (AvgIpc) is 2.83. The lowest BCUT2D eigenvalue weighted by atomic mass is 10.0. The van der Waals surface area contributed by atoms with Crippen LogP contribution in [-0.4, -0.2) is 38.4 Å². The summed E-state index contributed by atoms with van der Waals surface area (Å²) in [4.78, 5) is 15.3. The van der Waals surface area contributed by atoms with Crippen molar-refractivity contribution in [3.05, 3.63) is 82.8 Å². The van der Waals surface area contributed by atoms with Gasteiger partial charge < -0.3 is 4.90 Å². The average molecular weight is 451 g/mol. The molecule has 1 atom stereocenters. The Bertz CT molecular complexity index is 1050. The monoisotopic (exact) mass is 450 g/mol. The summed E-state index contributed by atoms with van der Waals surface area (Å²) < 4.78 is 29.1. The molecule has 1 aromatic rings. The van der Waals surface area contributed by atoms with Crippen molar-refractivity contribution in [2.24, 2.45) is 0 Å². The van der Waals surface area contributed by atoms with Crippen LogP contribution in [-0.2, 0) is 21.2 Å². The van der Waals surface area contributed by atoms with Crippen LogP contribution in [0.3, 0.4) is 0 Å². The van der Waals surface area contributed by atoms with Gasteiger partial charge in [0, 0.05) is 19.5 Å². The largest absolute Gasteiger partial charge is 0.341 e. The van der Waals surface area contributed by atoms with E-state index in [1.807, 2.05) is 36.4 Å². The Hall–Kier alpha value is -2.88. The molecule has 1 unspecified atom stereocenters. The first kappa shape index (κ1) is 23.8. The Morgan fingerprint density at radius 2 is 1.94 bits per heavy atom. The van der Waals surface area contributed by atoms with Gasteiger partial charge in [-0.3, -0.25) is 4.79 Å². The van der Waals surface area contributed by atoms with Crippen LogP contribution in [0.2, 0.25) is 0 Å². The van der Waals surface area contributed by atoms with Crippen LogP contribution in [0.15, 0.2) is 77.3 Å². The van der Waals surface area contributed by atoms with Crippen molar-refractivity contribution >= 4 is 15.9 Å². The summed E-state index contributed by atoms with van der Waals surface area (Å²) >= 11 is 0. The van der Waals surface area contributed by atoms with Gasteiger partial charge >= 0.3 is 0 Å². The van der Waals surface area contributed by atoms with Crippen molar-refractivity contribution in [3.63, 3.8) is 0 Å². The predicted octanol–water partition coefficient (Wildman–Crippen LogP) is 3.88. The number of nitrogens with zero attached hydrogens (tertiary/aromatic N) is 1. The minimum absolute atomic E-state index is 0.135. The van der Waals surface area contributed by atoms with Crippen molar-refractivity contribution in [2.45, 2.75) is 44.6 Å². The van der Waals surface area contributed by atoms with E-state index in [1.54, 1.807) is 35.3 Å². The lowest BCUT2D eigenvalue weighted by molar-refractivity contribution is -0.134. The van der Waals surface area contributed by atoms with Crippen LogP contribution in [0.1, 0.15) is 37.7 Å². The van der Waals surface area contributed by atoms with Gasteiger partial charge in [-0.05, 0) is 55.4 Å². The van der Waals surface area contributed by atoms with E-state index in [4.69, 9.17) is 6.42 Å². The number of sulfonamides is 1. The molecule has 0 aromatic heterocycles. The fourth-order valence-corrected chi connectivity index (χ4v) is 5.27. The van der Waals surface area contributed by atoms with Gasteiger partial charge in [-0.25, -0.2) is 8.42 Å². The van der Waals surface area contributed by atoms with Gasteiger partial charge in [-0.1, -0.05) is 60.6 Å². The van der Waals surface area contributed by atoms with Crippen LogP contribution in [0.5, 0.6) is 0 Å². The quantitative estimate of drug-likeness (QED) is 0.611. The number of piperidine rings is 1. The van der Waals surface area contributed by atoms with E-state index in [1.165, 1.54) is 0 Å². The number of nitrogens with one attached hydrogen (secondary N) is 1. The second-order valence-electron chi connectivity index (χ2n) is 8.02. The zero-order chi connectivity index (χ0) is 22.8. The maximum atomic E-state index is 13.2. The topological polar surface area (TPSA) is 66.5 Å². The lowest BCUT2D eigenvalue weighted by Crippen LogP contribution is -2.50. The molecule has 1 amide bonds. The van der Waals surface area contributed by atoms with E-state index >= 15 is 0 Å². The predicted molar refractivity (Wildman–Crippen MR) is 129 cm³/mol. The fraction of sp³-hybridized carbons (Fsp3) is 0.346. The van der Waals surface area contributed by atoms with Crippen molar-refractivity contribution in [1.82, 2.24) is 9.62 Å². The van der Waals surface area contributed by atoms with Gasteiger partial charge in [-0.2, -0.15) is 4.72 Å².